The molecule has 1 heterocycles. The standard InChI is InChI=1S/C12H12Cl2FNO/c13-8-4-5-16(7-8)12(17)6-9-10(14)2-1-3-11(9)15/h1-3,8H,4-7H2. The second-order valence-corrected chi connectivity index (χ2v) is 5.13. The van der Waals surface area contributed by atoms with Gasteiger partial charge >= 0.3 is 0 Å². The van der Waals surface area contributed by atoms with Crippen molar-refractivity contribution in [2.45, 2.75) is 18.2 Å². The molecule has 0 spiro atoms. The summed E-state index contributed by atoms with van der Waals surface area (Å²) in [5, 5.41) is 0.301. The third-order valence-corrected chi connectivity index (χ3v) is 3.58. The molecule has 1 saturated heterocycles. The van der Waals surface area contributed by atoms with E-state index in [0.717, 1.165) is 6.42 Å². The molecule has 1 atom stereocenters. The topological polar surface area (TPSA) is 20.3 Å². The van der Waals surface area contributed by atoms with Gasteiger partial charge in [0.25, 0.3) is 0 Å². The summed E-state index contributed by atoms with van der Waals surface area (Å²) in [5.74, 6) is -0.562. The van der Waals surface area contributed by atoms with Crippen molar-refractivity contribution in [3.63, 3.8) is 0 Å². The minimum atomic E-state index is -0.438. The minimum Gasteiger partial charge on any atom is -0.341 e. The number of rotatable bonds is 2. The van der Waals surface area contributed by atoms with Gasteiger partial charge in [-0.15, -0.1) is 11.6 Å². The van der Waals surface area contributed by atoms with Gasteiger partial charge in [-0.1, -0.05) is 17.7 Å². The molecule has 1 aliphatic heterocycles. The molecule has 0 bridgehead atoms. The summed E-state index contributed by atoms with van der Waals surface area (Å²) in [5.41, 5.74) is 0.261. The zero-order chi connectivity index (χ0) is 12.4. The van der Waals surface area contributed by atoms with Gasteiger partial charge in [-0.25, -0.2) is 4.39 Å². The summed E-state index contributed by atoms with van der Waals surface area (Å²) in [6, 6.07) is 4.42. The first-order valence-corrected chi connectivity index (χ1v) is 6.24. The molecule has 1 unspecified atom stereocenters. The molecule has 1 aromatic rings. The monoisotopic (exact) mass is 275 g/mol. The molecule has 0 radical (unpaired) electrons. The molecular formula is C12H12Cl2FNO. The highest BCUT2D eigenvalue weighted by molar-refractivity contribution is 6.31. The maximum absolute atomic E-state index is 13.5. The average Bonchev–Trinajstić information content (AvgIpc) is 2.70. The largest absolute Gasteiger partial charge is 0.341 e. The Kier molecular flexibility index (Phi) is 3.89. The lowest BCUT2D eigenvalue weighted by atomic mass is 10.1. The number of likely N-dealkylation sites (tertiary alicyclic amines) is 1. The zero-order valence-electron chi connectivity index (χ0n) is 9.13. The Morgan fingerprint density at radius 3 is 2.88 bits per heavy atom. The van der Waals surface area contributed by atoms with Crippen LogP contribution < -0.4 is 0 Å². The lowest BCUT2D eigenvalue weighted by Crippen LogP contribution is -2.30. The first-order chi connectivity index (χ1) is 8.08. The van der Waals surface area contributed by atoms with Crippen molar-refractivity contribution in [2.75, 3.05) is 13.1 Å². The van der Waals surface area contributed by atoms with Crippen molar-refractivity contribution >= 4 is 29.1 Å². The highest BCUT2D eigenvalue weighted by Crippen LogP contribution is 2.22. The summed E-state index contributed by atoms with van der Waals surface area (Å²) in [6.07, 6.45) is 0.785. The van der Waals surface area contributed by atoms with Crippen LogP contribution in [0.3, 0.4) is 0 Å². The number of hydrogen-bond acceptors (Lipinski definition) is 1. The molecule has 2 rings (SSSR count). The van der Waals surface area contributed by atoms with Crippen LogP contribution in [0, 0.1) is 5.82 Å². The maximum Gasteiger partial charge on any atom is 0.227 e. The van der Waals surface area contributed by atoms with Gasteiger partial charge in [-0.2, -0.15) is 0 Å². The molecule has 0 saturated carbocycles. The quantitative estimate of drug-likeness (QED) is 0.761. The van der Waals surface area contributed by atoms with E-state index in [1.165, 1.54) is 12.1 Å². The van der Waals surface area contributed by atoms with Crippen molar-refractivity contribution in [3.05, 3.63) is 34.6 Å². The van der Waals surface area contributed by atoms with Gasteiger partial charge < -0.3 is 4.90 Å². The van der Waals surface area contributed by atoms with Gasteiger partial charge in [-0.05, 0) is 18.6 Å². The fourth-order valence-electron chi connectivity index (χ4n) is 1.91. The Morgan fingerprint density at radius 1 is 1.53 bits per heavy atom. The molecule has 0 aliphatic carbocycles. The number of nitrogens with zero attached hydrogens (tertiary/aromatic N) is 1. The van der Waals surface area contributed by atoms with Gasteiger partial charge in [0.15, 0.2) is 0 Å². The number of carbonyl (C=O) groups excluding carboxylic acids is 1. The van der Waals surface area contributed by atoms with E-state index in [9.17, 15) is 9.18 Å². The SMILES string of the molecule is O=C(Cc1c(F)cccc1Cl)N1CCC(Cl)C1. The smallest absolute Gasteiger partial charge is 0.227 e. The minimum absolute atomic E-state index is 0.00485. The van der Waals surface area contributed by atoms with Crippen LogP contribution >= 0.6 is 23.2 Å². The van der Waals surface area contributed by atoms with E-state index in [1.807, 2.05) is 0 Å². The number of amides is 1. The van der Waals surface area contributed by atoms with Crippen LogP contribution in [0.5, 0.6) is 0 Å². The predicted octanol–water partition coefficient (Wildman–Crippen LogP) is 2.86. The fraction of sp³-hybridized carbons (Fsp3) is 0.417. The van der Waals surface area contributed by atoms with Crippen LogP contribution in [0.25, 0.3) is 0 Å². The molecule has 0 N–H and O–H groups in total. The van der Waals surface area contributed by atoms with E-state index < -0.39 is 5.82 Å². The van der Waals surface area contributed by atoms with Crippen LogP contribution in [0.1, 0.15) is 12.0 Å². The molecule has 92 valence electrons. The van der Waals surface area contributed by atoms with E-state index in [1.54, 1.807) is 11.0 Å². The average molecular weight is 276 g/mol. The number of carbonyl (C=O) groups is 1. The number of hydrogen-bond donors (Lipinski definition) is 0. The van der Waals surface area contributed by atoms with Crippen LogP contribution in [-0.4, -0.2) is 29.3 Å². The fourth-order valence-corrected chi connectivity index (χ4v) is 2.40. The van der Waals surface area contributed by atoms with E-state index in [4.69, 9.17) is 23.2 Å². The molecule has 1 fully saturated rings. The third-order valence-electron chi connectivity index (χ3n) is 2.87. The summed E-state index contributed by atoms with van der Waals surface area (Å²) < 4.78 is 13.5. The van der Waals surface area contributed by atoms with E-state index in [-0.39, 0.29) is 23.3 Å². The van der Waals surface area contributed by atoms with Crippen LogP contribution in [0.4, 0.5) is 4.39 Å². The van der Waals surface area contributed by atoms with Crippen molar-refractivity contribution < 1.29 is 9.18 Å². The second kappa shape index (κ2) is 5.23. The zero-order valence-corrected chi connectivity index (χ0v) is 10.6. The van der Waals surface area contributed by atoms with Crippen molar-refractivity contribution in [1.29, 1.82) is 0 Å². The molecular weight excluding hydrogens is 264 g/mol. The number of benzene rings is 1. The third kappa shape index (κ3) is 2.90. The lowest BCUT2D eigenvalue weighted by Gasteiger charge is -2.16. The Bertz CT molecular complexity index is 418. The Labute approximate surface area is 109 Å². The van der Waals surface area contributed by atoms with Crippen LogP contribution in [-0.2, 0) is 11.2 Å². The highest BCUT2D eigenvalue weighted by Gasteiger charge is 2.25. The lowest BCUT2D eigenvalue weighted by molar-refractivity contribution is -0.129. The van der Waals surface area contributed by atoms with Crippen LogP contribution in [0.15, 0.2) is 18.2 Å². The molecule has 1 amide bonds. The van der Waals surface area contributed by atoms with E-state index >= 15 is 0 Å². The Morgan fingerprint density at radius 2 is 2.29 bits per heavy atom. The van der Waals surface area contributed by atoms with Gasteiger partial charge in [-0.3, -0.25) is 4.79 Å². The van der Waals surface area contributed by atoms with E-state index in [0.29, 0.717) is 18.1 Å². The molecule has 2 nitrogen and oxygen atoms in total. The number of alkyl halides is 1. The molecule has 0 aromatic heterocycles. The molecule has 1 aliphatic rings. The van der Waals surface area contributed by atoms with Gasteiger partial charge in [0.1, 0.15) is 5.82 Å². The second-order valence-electron chi connectivity index (χ2n) is 4.10. The molecule has 5 heteroatoms. The Hall–Kier alpha value is -0.800. The van der Waals surface area contributed by atoms with Gasteiger partial charge in [0.2, 0.25) is 5.91 Å². The summed E-state index contributed by atoms with van der Waals surface area (Å²) in [6.45, 7) is 1.17. The van der Waals surface area contributed by atoms with Crippen molar-refractivity contribution in [3.8, 4) is 0 Å². The summed E-state index contributed by atoms with van der Waals surface area (Å²) in [7, 11) is 0. The number of halogens is 3. The van der Waals surface area contributed by atoms with E-state index in [2.05, 4.69) is 0 Å². The maximum atomic E-state index is 13.5. The van der Waals surface area contributed by atoms with Gasteiger partial charge in [0, 0.05) is 23.7 Å². The molecule has 1 aromatic carbocycles. The van der Waals surface area contributed by atoms with Crippen molar-refractivity contribution in [2.24, 2.45) is 0 Å². The molecule has 17 heavy (non-hydrogen) atoms. The first kappa shape index (κ1) is 12.7. The highest BCUT2D eigenvalue weighted by atomic mass is 35.5. The predicted molar refractivity (Wildman–Crippen MR) is 66.0 cm³/mol. The Balaban J connectivity index is 2.08. The van der Waals surface area contributed by atoms with Crippen molar-refractivity contribution in [1.82, 2.24) is 4.90 Å². The summed E-state index contributed by atoms with van der Waals surface area (Å²) in [4.78, 5) is 13.6. The van der Waals surface area contributed by atoms with Crippen LogP contribution in [0.2, 0.25) is 5.02 Å². The normalized spacial score (nSPS) is 19.7. The summed E-state index contributed by atoms with van der Waals surface area (Å²) >= 11 is 11.8. The van der Waals surface area contributed by atoms with Gasteiger partial charge in [0.05, 0.1) is 11.8 Å². The first-order valence-electron chi connectivity index (χ1n) is 5.42.